The fourth-order valence-corrected chi connectivity index (χ4v) is 6.18. The zero-order valence-corrected chi connectivity index (χ0v) is 21.5. The number of anilines is 2. The molecule has 2 heterocycles. The van der Waals surface area contributed by atoms with E-state index >= 15 is 0 Å². The van der Waals surface area contributed by atoms with Crippen molar-refractivity contribution in [2.45, 2.75) is 51.7 Å². The molecular formula is C25H32ClN3O4S. The summed E-state index contributed by atoms with van der Waals surface area (Å²) in [5.41, 5.74) is 4.21. The Morgan fingerprint density at radius 1 is 1.06 bits per heavy atom. The van der Waals surface area contributed by atoms with Crippen LogP contribution in [0, 0.1) is 13.8 Å². The molecule has 2 aromatic carbocycles. The summed E-state index contributed by atoms with van der Waals surface area (Å²) < 4.78 is 31.6. The molecule has 0 aromatic heterocycles. The number of carbonyl (C=O) groups excluding carboxylic acids is 1. The van der Waals surface area contributed by atoms with Gasteiger partial charge in [0.15, 0.2) is 0 Å². The molecule has 4 rings (SSSR count). The van der Waals surface area contributed by atoms with Crippen LogP contribution in [0.3, 0.4) is 0 Å². The van der Waals surface area contributed by atoms with Crippen LogP contribution in [-0.4, -0.2) is 56.7 Å². The van der Waals surface area contributed by atoms with Gasteiger partial charge in [-0.25, -0.2) is 8.42 Å². The van der Waals surface area contributed by atoms with Gasteiger partial charge in [0.25, 0.3) is 0 Å². The molecule has 0 saturated carbocycles. The molecule has 1 N–H and O–H groups in total. The summed E-state index contributed by atoms with van der Waals surface area (Å²) in [6.07, 6.45) is 4.14. The number of rotatable bonds is 6. The average Bonchev–Trinajstić information content (AvgIpc) is 3.23. The molecule has 2 atom stereocenters. The van der Waals surface area contributed by atoms with Crippen LogP contribution in [0.5, 0.6) is 5.75 Å². The van der Waals surface area contributed by atoms with Crippen molar-refractivity contribution in [1.82, 2.24) is 4.31 Å². The average molecular weight is 506 g/mol. The zero-order valence-electron chi connectivity index (χ0n) is 19.9. The van der Waals surface area contributed by atoms with E-state index in [9.17, 15) is 13.2 Å². The monoisotopic (exact) mass is 505 g/mol. The third kappa shape index (κ3) is 5.85. The summed E-state index contributed by atoms with van der Waals surface area (Å²) in [5, 5.41) is 3.23. The minimum absolute atomic E-state index is 0.0179. The van der Waals surface area contributed by atoms with E-state index in [4.69, 9.17) is 16.3 Å². The number of hydrogen-bond acceptors (Lipinski definition) is 5. The normalized spacial score (nSPS) is 21.5. The predicted molar refractivity (Wildman–Crippen MR) is 136 cm³/mol. The lowest BCUT2D eigenvalue weighted by Gasteiger charge is -2.32. The van der Waals surface area contributed by atoms with E-state index < -0.39 is 16.1 Å². The quantitative estimate of drug-likeness (QED) is 0.630. The van der Waals surface area contributed by atoms with Gasteiger partial charge in [-0.3, -0.25) is 4.79 Å². The lowest BCUT2D eigenvalue weighted by molar-refractivity contribution is -0.120. The van der Waals surface area contributed by atoms with Crippen molar-refractivity contribution in [1.29, 1.82) is 0 Å². The minimum atomic E-state index is -3.45. The van der Waals surface area contributed by atoms with Crippen molar-refractivity contribution >= 4 is 38.9 Å². The molecule has 0 radical (unpaired) electrons. The van der Waals surface area contributed by atoms with Gasteiger partial charge in [-0.05, 0) is 68.1 Å². The molecule has 9 heteroatoms. The van der Waals surface area contributed by atoms with E-state index in [-0.39, 0.29) is 12.0 Å². The number of piperidine rings is 1. The second-order valence-electron chi connectivity index (χ2n) is 9.34. The molecule has 7 nitrogen and oxygen atoms in total. The summed E-state index contributed by atoms with van der Waals surface area (Å²) >= 11 is 6.48. The molecule has 2 aliphatic heterocycles. The summed E-state index contributed by atoms with van der Waals surface area (Å²) in [5.74, 6) is 0.233. The lowest BCUT2D eigenvalue weighted by Crippen LogP contribution is -2.49. The Labute approximate surface area is 207 Å². The highest BCUT2D eigenvalue weighted by molar-refractivity contribution is 7.88. The van der Waals surface area contributed by atoms with E-state index in [1.165, 1.54) is 21.1 Å². The van der Waals surface area contributed by atoms with Gasteiger partial charge in [0.1, 0.15) is 17.9 Å². The van der Waals surface area contributed by atoms with Gasteiger partial charge in [-0.2, -0.15) is 4.31 Å². The van der Waals surface area contributed by atoms with E-state index in [0.717, 1.165) is 38.6 Å². The number of sulfonamides is 1. The second kappa shape index (κ2) is 10.1. The summed E-state index contributed by atoms with van der Waals surface area (Å²) in [7, 11) is -3.45. The fraction of sp³-hybridized carbons (Fsp3) is 0.480. The molecule has 2 saturated heterocycles. The Hall–Kier alpha value is -2.29. The van der Waals surface area contributed by atoms with E-state index in [2.05, 4.69) is 42.3 Å². The summed E-state index contributed by atoms with van der Waals surface area (Å²) in [4.78, 5) is 15.1. The number of nitrogens with zero attached hydrogens (tertiary/aromatic N) is 2. The number of ether oxygens (including phenoxy) is 1. The molecule has 2 aromatic rings. The molecule has 0 aliphatic carbocycles. The van der Waals surface area contributed by atoms with Gasteiger partial charge < -0.3 is 15.0 Å². The number of benzene rings is 2. The Balaban J connectivity index is 1.38. The first-order valence-electron chi connectivity index (χ1n) is 11.7. The van der Waals surface area contributed by atoms with Gasteiger partial charge in [0.05, 0.1) is 17.8 Å². The summed E-state index contributed by atoms with van der Waals surface area (Å²) in [6.45, 7) is 6.27. The Morgan fingerprint density at radius 2 is 1.79 bits per heavy atom. The van der Waals surface area contributed by atoms with E-state index in [1.54, 1.807) is 18.2 Å². The van der Waals surface area contributed by atoms with Crippen LogP contribution in [0.25, 0.3) is 0 Å². The molecule has 184 valence electrons. The lowest BCUT2D eigenvalue weighted by atomic mass is 10.0. The van der Waals surface area contributed by atoms with Crippen LogP contribution >= 0.6 is 11.6 Å². The minimum Gasteiger partial charge on any atom is -0.487 e. The van der Waals surface area contributed by atoms with Crippen LogP contribution < -0.4 is 15.0 Å². The highest BCUT2D eigenvalue weighted by Gasteiger charge is 2.34. The van der Waals surface area contributed by atoms with Gasteiger partial charge in [0.2, 0.25) is 15.9 Å². The number of carbonyl (C=O) groups is 1. The second-order valence-corrected chi connectivity index (χ2v) is 11.7. The van der Waals surface area contributed by atoms with Crippen molar-refractivity contribution in [2.24, 2.45) is 0 Å². The topological polar surface area (TPSA) is 79.0 Å². The first kappa shape index (κ1) is 24.8. The highest BCUT2D eigenvalue weighted by Crippen LogP contribution is 2.32. The van der Waals surface area contributed by atoms with Crippen LogP contribution in [-0.2, 0) is 14.8 Å². The van der Waals surface area contributed by atoms with Crippen molar-refractivity contribution in [3.8, 4) is 5.75 Å². The van der Waals surface area contributed by atoms with Gasteiger partial charge >= 0.3 is 0 Å². The van der Waals surface area contributed by atoms with Crippen molar-refractivity contribution < 1.29 is 17.9 Å². The Kier molecular flexibility index (Phi) is 7.40. The number of hydrogen-bond donors (Lipinski definition) is 1. The number of aryl methyl sites for hydroxylation is 2. The highest BCUT2D eigenvalue weighted by atomic mass is 35.5. The third-order valence-electron chi connectivity index (χ3n) is 6.39. The van der Waals surface area contributed by atoms with E-state index in [1.807, 2.05) is 0 Å². The molecule has 34 heavy (non-hydrogen) atoms. The smallest absolute Gasteiger partial charge is 0.242 e. The largest absolute Gasteiger partial charge is 0.487 e. The maximum atomic E-state index is 12.8. The summed E-state index contributed by atoms with van der Waals surface area (Å²) in [6, 6.07) is 11.0. The number of amides is 1. The molecule has 2 aliphatic rings. The molecule has 1 amide bonds. The van der Waals surface area contributed by atoms with Gasteiger partial charge in [-0.1, -0.05) is 24.1 Å². The van der Waals surface area contributed by atoms with E-state index in [0.29, 0.717) is 29.4 Å². The Bertz CT molecular complexity index is 1150. The SMILES string of the molecule is Cc1cc(C)cc(N2CC[C@H](Oc3ccc(NC(=O)[C@H]4CCCCN4S(C)(=O)=O)cc3Cl)C2)c1. The van der Waals surface area contributed by atoms with Crippen LogP contribution in [0.2, 0.25) is 5.02 Å². The molecular weight excluding hydrogens is 474 g/mol. The van der Waals surface area contributed by atoms with Gasteiger partial charge in [0, 0.05) is 30.9 Å². The maximum absolute atomic E-state index is 12.8. The fourth-order valence-electron chi connectivity index (χ4n) is 4.84. The van der Waals surface area contributed by atoms with Crippen molar-refractivity contribution in [3.05, 3.63) is 52.5 Å². The van der Waals surface area contributed by atoms with Crippen LogP contribution in [0.1, 0.15) is 36.8 Å². The van der Waals surface area contributed by atoms with Crippen LogP contribution in [0.4, 0.5) is 11.4 Å². The molecule has 0 unspecified atom stereocenters. The predicted octanol–water partition coefficient (Wildman–Crippen LogP) is 4.37. The maximum Gasteiger partial charge on any atom is 0.242 e. The van der Waals surface area contributed by atoms with Crippen molar-refractivity contribution in [3.63, 3.8) is 0 Å². The molecule has 2 fully saturated rings. The third-order valence-corrected chi connectivity index (χ3v) is 7.98. The number of halogens is 1. The van der Waals surface area contributed by atoms with Gasteiger partial charge in [-0.15, -0.1) is 0 Å². The standard InChI is InChI=1S/C25H32ClN3O4S/c1-17-12-18(2)14-20(13-17)28-11-9-21(16-28)33-24-8-7-19(15-22(24)26)27-25(30)23-6-4-5-10-29(23)34(3,31)32/h7-8,12-15,21,23H,4-6,9-11,16H2,1-3H3,(H,27,30)/t21-,23+/m0/s1. The van der Waals surface area contributed by atoms with Crippen LogP contribution in [0.15, 0.2) is 36.4 Å². The molecule has 0 bridgehead atoms. The first-order valence-corrected chi connectivity index (χ1v) is 13.9. The number of nitrogens with one attached hydrogen (secondary N) is 1. The van der Waals surface area contributed by atoms with Crippen molar-refractivity contribution in [2.75, 3.05) is 36.1 Å². The molecule has 0 spiro atoms. The zero-order chi connectivity index (χ0) is 24.5. The Morgan fingerprint density at radius 3 is 2.47 bits per heavy atom. The first-order chi connectivity index (χ1) is 16.1.